The van der Waals surface area contributed by atoms with Crippen molar-refractivity contribution in [3.05, 3.63) is 38.5 Å². The van der Waals surface area contributed by atoms with Gasteiger partial charge in [-0.2, -0.15) is 31.6 Å². The molecule has 0 atom stereocenters. The molecular weight excluding hydrogens is 451 g/mol. The van der Waals surface area contributed by atoms with Crippen molar-refractivity contribution in [2.45, 2.75) is 16.6 Å². The second-order valence-corrected chi connectivity index (χ2v) is 6.91. The van der Waals surface area contributed by atoms with Gasteiger partial charge in [-0.05, 0) is 23.9 Å². The lowest BCUT2D eigenvalue weighted by molar-refractivity contribution is -0.137. The van der Waals surface area contributed by atoms with E-state index in [0.29, 0.717) is 16.7 Å². The van der Waals surface area contributed by atoms with Gasteiger partial charge in [-0.15, -0.1) is 0 Å². The van der Waals surface area contributed by atoms with E-state index >= 15 is 0 Å². The molecule has 0 unspecified atom stereocenters. The highest BCUT2D eigenvalue weighted by Gasteiger charge is 2.36. The van der Waals surface area contributed by atoms with Crippen LogP contribution in [0.15, 0.2) is 17.0 Å². The Morgan fingerprint density at radius 3 is 1.92 bits per heavy atom. The summed E-state index contributed by atoms with van der Waals surface area (Å²) in [4.78, 5) is -0.711. The summed E-state index contributed by atoms with van der Waals surface area (Å²) in [5.74, 6) is -0.641. The smallest absolute Gasteiger partial charge is 0.384 e. The Hall–Kier alpha value is -1.41. The van der Waals surface area contributed by atoms with Crippen LogP contribution in [-0.2, 0) is 6.18 Å². The number of thioether (sulfide) groups is 1. The first-order valence-corrected chi connectivity index (χ1v) is 8.15. The van der Waals surface area contributed by atoms with E-state index in [2.05, 4.69) is 0 Å². The van der Waals surface area contributed by atoms with E-state index < -0.39 is 60.5 Å². The molecule has 1 aromatic heterocycles. The van der Waals surface area contributed by atoms with Gasteiger partial charge in [-0.25, -0.2) is 0 Å². The summed E-state index contributed by atoms with van der Waals surface area (Å²) in [6, 6.07) is 2.50. The van der Waals surface area contributed by atoms with E-state index in [1.54, 1.807) is 0 Å². The fourth-order valence-electron chi connectivity index (χ4n) is 2.02. The molecule has 1 aromatic carbocycles. The van der Waals surface area contributed by atoms with Crippen molar-refractivity contribution in [1.29, 1.82) is 5.26 Å². The molecule has 13 heteroatoms. The van der Waals surface area contributed by atoms with Gasteiger partial charge in [-0.1, -0.05) is 34.8 Å². The van der Waals surface area contributed by atoms with E-state index in [9.17, 15) is 26.3 Å². The number of alkyl halides is 6. The molecule has 0 aliphatic heterocycles. The third-order valence-corrected chi connectivity index (χ3v) is 4.78. The number of benzene rings is 1. The zero-order chi connectivity index (χ0) is 20.0. The molecule has 0 amide bonds. The van der Waals surface area contributed by atoms with E-state index in [4.69, 9.17) is 45.8 Å². The first-order valence-electron chi connectivity index (χ1n) is 6.20. The summed E-state index contributed by atoms with van der Waals surface area (Å²) in [6.45, 7) is 0. The molecule has 2 aromatic rings. The maximum absolute atomic E-state index is 12.8. The van der Waals surface area contributed by atoms with Gasteiger partial charge in [0.15, 0.2) is 0 Å². The second kappa shape index (κ2) is 6.96. The van der Waals surface area contributed by atoms with Crippen LogP contribution in [0.4, 0.5) is 32.2 Å². The SMILES string of the molecule is N#Cc1c(SC(F)(F)F)c(N)n(-c2c(Cl)cc(C(F)(F)F)cc2Cl)c1Cl. The van der Waals surface area contributed by atoms with Gasteiger partial charge in [0.05, 0.1) is 26.2 Å². The normalized spacial score (nSPS) is 12.3. The molecule has 0 spiro atoms. The van der Waals surface area contributed by atoms with Crippen LogP contribution < -0.4 is 5.73 Å². The van der Waals surface area contributed by atoms with Gasteiger partial charge in [0.2, 0.25) is 0 Å². The van der Waals surface area contributed by atoms with Crippen LogP contribution in [0.25, 0.3) is 5.69 Å². The molecule has 0 fully saturated rings. The summed E-state index contributed by atoms with van der Waals surface area (Å²) >= 11 is 16.9. The van der Waals surface area contributed by atoms with Crippen LogP contribution in [-0.4, -0.2) is 10.1 Å². The Kier molecular flexibility index (Phi) is 5.59. The Morgan fingerprint density at radius 1 is 1.04 bits per heavy atom. The molecule has 1 heterocycles. The van der Waals surface area contributed by atoms with Crippen molar-refractivity contribution in [3.63, 3.8) is 0 Å². The van der Waals surface area contributed by atoms with E-state index in [1.807, 2.05) is 0 Å². The predicted octanol–water partition coefficient (Wildman–Crippen LogP) is 6.52. The summed E-state index contributed by atoms with van der Waals surface area (Å²) in [6.07, 6.45) is -4.76. The monoisotopic (exact) mass is 453 g/mol. The molecule has 140 valence electrons. The van der Waals surface area contributed by atoms with Gasteiger partial charge < -0.3 is 5.73 Å². The lowest BCUT2D eigenvalue weighted by Gasteiger charge is -2.15. The number of rotatable bonds is 2. The number of hydrogen-bond donors (Lipinski definition) is 1. The highest BCUT2D eigenvalue weighted by molar-refractivity contribution is 8.00. The minimum Gasteiger partial charge on any atom is -0.384 e. The van der Waals surface area contributed by atoms with Crippen LogP contribution in [0.2, 0.25) is 15.2 Å². The van der Waals surface area contributed by atoms with Gasteiger partial charge in [0, 0.05) is 0 Å². The van der Waals surface area contributed by atoms with Crippen LogP contribution in [0.5, 0.6) is 0 Å². The lowest BCUT2D eigenvalue weighted by Crippen LogP contribution is -2.08. The van der Waals surface area contributed by atoms with Gasteiger partial charge in [0.25, 0.3) is 0 Å². The molecule has 0 aliphatic rings. The quantitative estimate of drug-likeness (QED) is 0.415. The van der Waals surface area contributed by atoms with Crippen LogP contribution in [0.1, 0.15) is 11.1 Å². The van der Waals surface area contributed by atoms with E-state index in [1.165, 1.54) is 6.07 Å². The number of halogens is 9. The number of nitriles is 1. The number of nitrogens with zero attached hydrogens (tertiary/aromatic N) is 2. The van der Waals surface area contributed by atoms with Crippen molar-refractivity contribution in [3.8, 4) is 11.8 Å². The molecule has 0 radical (unpaired) electrons. The molecule has 0 saturated heterocycles. The van der Waals surface area contributed by atoms with Crippen molar-refractivity contribution in [2.24, 2.45) is 0 Å². The summed E-state index contributed by atoms with van der Waals surface area (Å²) in [7, 11) is 0. The summed E-state index contributed by atoms with van der Waals surface area (Å²) in [5.41, 5.74) is -1.31. The Labute approximate surface area is 161 Å². The van der Waals surface area contributed by atoms with Crippen molar-refractivity contribution < 1.29 is 26.3 Å². The summed E-state index contributed by atoms with van der Waals surface area (Å²) < 4.78 is 77.2. The number of anilines is 1. The Bertz CT molecular complexity index is 891. The second-order valence-electron chi connectivity index (χ2n) is 4.66. The molecule has 3 nitrogen and oxygen atoms in total. The standard InChI is InChI=1S/C13H4Cl3F6N3S/c14-6-1-4(12(17,18)19)2-7(15)8(6)25-10(16)5(3-23)9(11(25)24)26-13(20,21)22/h1-2H,24H2. The van der Waals surface area contributed by atoms with Crippen molar-refractivity contribution in [1.82, 2.24) is 4.57 Å². The zero-order valence-electron chi connectivity index (χ0n) is 11.9. The molecule has 0 saturated carbocycles. The molecule has 2 rings (SSSR count). The Balaban J connectivity index is 2.77. The minimum atomic E-state index is -4.79. The predicted molar refractivity (Wildman–Crippen MR) is 86.8 cm³/mol. The lowest BCUT2D eigenvalue weighted by atomic mass is 10.2. The number of nitrogen functional groups attached to an aromatic ring is 1. The third kappa shape index (κ3) is 3.96. The average molecular weight is 455 g/mol. The maximum atomic E-state index is 12.8. The third-order valence-electron chi connectivity index (χ3n) is 3.00. The van der Waals surface area contributed by atoms with Crippen molar-refractivity contribution >= 4 is 52.4 Å². The largest absolute Gasteiger partial charge is 0.446 e. The molecular formula is C13H4Cl3F6N3S. The van der Waals surface area contributed by atoms with E-state index in [-0.39, 0.29) is 5.69 Å². The van der Waals surface area contributed by atoms with Gasteiger partial charge >= 0.3 is 11.7 Å². The Morgan fingerprint density at radius 2 is 1.54 bits per heavy atom. The van der Waals surface area contributed by atoms with Gasteiger partial charge in [0.1, 0.15) is 22.6 Å². The minimum absolute atomic E-state index is 0.380. The molecule has 26 heavy (non-hydrogen) atoms. The zero-order valence-corrected chi connectivity index (χ0v) is 15.0. The maximum Gasteiger partial charge on any atom is 0.446 e. The fourth-order valence-corrected chi connectivity index (χ4v) is 3.71. The number of aromatic nitrogens is 1. The van der Waals surface area contributed by atoms with Crippen LogP contribution >= 0.6 is 46.6 Å². The number of nitrogens with two attached hydrogens (primary N) is 1. The fraction of sp³-hybridized carbons (Fsp3) is 0.154. The topological polar surface area (TPSA) is 54.7 Å². The van der Waals surface area contributed by atoms with E-state index in [0.717, 1.165) is 0 Å². The summed E-state index contributed by atoms with van der Waals surface area (Å²) in [5, 5.41) is 7.37. The number of hydrogen-bond acceptors (Lipinski definition) is 3. The molecule has 2 N–H and O–H groups in total. The van der Waals surface area contributed by atoms with Crippen LogP contribution in [0, 0.1) is 11.3 Å². The average Bonchev–Trinajstić information content (AvgIpc) is 2.68. The first kappa shape index (κ1) is 20.9. The highest BCUT2D eigenvalue weighted by atomic mass is 35.5. The molecule has 0 bridgehead atoms. The van der Waals surface area contributed by atoms with Crippen LogP contribution in [0.3, 0.4) is 0 Å². The van der Waals surface area contributed by atoms with Crippen molar-refractivity contribution in [2.75, 3.05) is 5.73 Å². The van der Waals surface area contributed by atoms with Gasteiger partial charge in [-0.3, -0.25) is 4.57 Å². The molecule has 0 aliphatic carbocycles. The first-order chi connectivity index (χ1) is 11.8. The highest BCUT2D eigenvalue weighted by Crippen LogP contribution is 2.48.